The largest absolute Gasteiger partial charge is 0.433 e. The molecule has 0 aliphatic carbocycles. The maximum Gasteiger partial charge on any atom is 0.433 e. The van der Waals surface area contributed by atoms with Crippen LogP contribution < -0.4 is 5.56 Å². The molecule has 0 aliphatic rings. The van der Waals surface area contributed by atoms with Crippen LogP contribution in [0, 0.1) is 0 Å². The molecule has 0 amide bonds. The molecule has 0 aromatic carbocycles. The van der Waals surface area contributed by atoms with E-state index in [9.17, 15) is 18.0 Å². The molecule has 0 fully saturated rings. The quantitative estimate of drug-likeness (QED) is 0.747. The van der Waals surface area contributed by atoms with Gasteiger partial charge in [-0.05, 0) is 15.9 Å². The Balaban J connectivity index is 2.78. The Morgan fingerprint density at radius 1 is 1.47 bits per heavy atom. The van der Waals surface area contributed by atoms with Crippen LogP contribution in [0.5, 0.6) is 0 Å². The summed E-state index contributed by atoms with van der Waals surface area (Å²) >= 11 is 3.81. The molecule has 2 aromatic rings. The van der Waals surface area contributed by atoms with E-state index in [1.54, 1.807) is 0 Å². The van der Waals surface area contributed by atoms with Gasteiger partial charge in [-0.2, -0.15) is 17.7 Å². The zero-order chi connectivity index (χ0) is 11.2. The number of alkyl halides is 3. The highest BCUT2D eigenvalue weighted by atomic mass is 79.9. The maximum absolute atomic E-state index is 12.3. The van der Waals surface area contributed by atoms with Crippen molar-refractivity contribution >= 4 is 32.2 Å². The molecule has 0 aliphatic heterocycles. The lowest BCUT2D eigenvalue weighted by molar-refractivity contribution is -0.141. The summed E-state index contributed by atoms with van der Waals surface area (Å²) in [6, 6.07) is 0.416. The van der Waals surface area contributed by atoms with Crippen LogP contribution in [-0.4, -0.2) is 14.6 Å². The van der Waals surface area contributed by atoms with Crippen molar-refractivity contribution in [1.29, 1.82) is 0 Å². The normalized spacial score (nSPS) is 12.3. The van der Waals surface area contributed by atoms with Gasteiger partial charge in [0, 0.05) is 6.07 Å². The molecule has 0 bridgehead atoms. The Morgan fingerprint density at radius 3 is 2.73 bits per heavy atom. The van der Waals surface area contributed by atoms with Crippen LogP contribution in [0.1, 0.15) is 5.69 Å². The molecule has 2 aromatic heterocycles. The molecular formula is C6HBrF3N3OS. The van der Waals surface area contributed by atoms with Crippen molar-refractivity contribution in [3.63, 3.8) is 0 Å². The Kier molecular flexibility index (Phi) is 2.30. The predicted molar refractivity (Wildman–Crippen MR) is 49.8 cm³/mol. The minimum Gasteiger partial charge on any atom is -0.267 e. The molecule has 9 heteroatoms. The SMILES string of the molecule is O=c1cc(C(F)(F)F)nc2sc(Br)nn12. The van der Waals surface area contributed by atoms with Crippen molar-refractivity contribution in [2.75, 3.05) is 0 Å². The first-order valence-electron chi connectivity index (χ1n) is 3.51. The van der Waals surface area contributed by atoms with Gasteiger partial charge in [-0.15, -0.1) is 5.10 Å². The third-order valence-corrected chi connectivity index (χ3v) is 2.85. The summed E-state index contributed by atoms with van der Waals surface area (Å²) in [5.41, 5.74) is -2.06. The Morgan fingerprint density at radius 2 is 2.13 bits per heavy atom. The second kappa shape index (κ2) is 3.27. The summed E-state index contributed by atoms with van der Waals surface area (Å²) in [7, 11) is 0. The van der Waals surface area contributed by atoms with E-state index in [-0.39, 0.29) is 4.96 Å². The van der Waals surface area contributed by atoms with E-state index in [0.717, 1.165) is 15.9 Å². The summed E-state index contributed by atoms with van der Waals surface area (Å²) in [6.45, 7) is 0. The standard InChI is InChI=1S/C6HBrF3N3OS/c7-4-12-13-3(14)1-2(6(8,9)10)11-5(13)15-4/h1H. The second-order valence-corrected chi connectivity index (χ2v) is 4.76. The smallest absolute Gasteiger partial charge is 0.267 e. The van der Waals surface area contributed by atoms with Crippen LogP contribution >= 0.6 is 27.3 Å². The average Bonchev–Trinajstić information content (AvgIpc) is 2.44. The fourth-order valence-electron chi connectivity index (χ4n) is 0.933. The molecule has 0 N–H and O–H groups in total. The van der Waals surface area contributed by atoms with Crippen LogP contribution in [0.15, 0.2) is 14.8 Å². The van der Waals surface area contributed by atoms with Gasteiger partial charge in [0.15, 0.2) is 9.61 Å². The summed E-state index contributed by atoms with van der Waals surface area (Å²) in [4.78, 5) is 14.4. The lowest BCUT2D eigenvalue weighted by Crippen LogP contribution is -2.19. The van der Waals surface area contributed by atoms with E-state index < -0.39 is 17.4 Å². The number of rotatable bonds is 0. The molecule has 0 unspecified atom stereocenters. The zero-order valence-electron chi connectivity index (χ0n) is 6.75. The van der Waals surface area contributed by atoms with Gasteiger partial charge in [-0.3, -0.25) is 4.79 Å². The van der Waals surface area contributed by atoms with E-state index in [2.05, 4.69) is 26.0 Å². The topological polar surface area (TPSA) is 47.3 Å². The monoisotopic (exact) mass is 299 g/mol. The highest BCUT2D eigenvalue weighted by Crippen LogP contribution is 2.27. The molecule has 80 valence electrons. The highest BCUT2D eigenvalue weighted by Gasteiger charge is 2.33. The number of halogens is 4. The van der Waals surface area contributed by atoms with Crippen LogP contribution in [0.4, 0.5) is 13.2 Å². The van der Waals surface area contributed by atoms with Gasteiger partial charge >= 0.3 is 6.18 Å². The van der Waals surface area contributed by atoms with Crippen LogP contribution in [-0.2, 0) is 6.18 Å². The summed E-state index contributed by atoms with van der Waals surface area (Å²) < 4.78 is 37.9. The molecule has 0 spiro atoms. The Labute approximate surface area is 92.5 Å². The van der Waals surface area contributed by atoms with Crippen molar-refractivity contribution in [2.24, 2.45) is 0 Å². The van der Waals surface area contributed by atoms with Crippen LogP contribution in [0.3, 0.4) is 0 Å². The van der Waals surface area contributed by atoms with Crippen LogP contribution in [0.25, 0.3) is 4.96 Å². The lowest BCUT2D eigenvalue weighted by atomic mass is 10.4. The number of aromatic nitrogens is 3. The predicted octanol–water partition coefficient (Wildman–Crippen LogP) is 1.93. The van der Waals surface area contributed by atoms with E-state index in [4.69, 9.17) is 0 Å². The molecule has 15 heavy (non-hydrogen) atoms. The maximum atomic E-state index is 12.3. The number of hydrogen-bond donors (Lipinski definition) is 0. The molecule has 0 radical (unpaired) electrons. The van der Waals surface area contributed by atoms with E-state index in [1.807, 2.05) is 0 Å². The molecule has 4 nitrogen and oxygen atoms in total. The first kappa shape index (κ1) is 10.6. The van der Waals surface area contributed by atoms with Gasteiger partial charge in [0.1, 0.15) is 0 Å². The number of nitrogens with zero attached hydrogens (tertiary/aromatic N) is 3. The Hall–Kier alpha value is -0.960. The number of hydrogen-bond acceptors (Lipinski definition) is 4. The van der Waals surface area contributed by atoms with Gasteiger partial charge < -0.3 is 0 Å². The van der Waals surface area contributed by atoms with Crippen molar-refractivity contribution in [1.82, 2.24) is 14.6 Å². The van der Waals surface area contributed by atoms with Gasteiger partial charge in [0.05, 0.1) is 0 Å². The molecule has 2 rings (SSSR count). The molecule has 0 atom stereocenters. The van der Waals surface area contributed by atoms with Gasteiger partial charge in [0.2, 0.25) is 4.96 Å². The minimum atomic E-state index is -4.62. The van der Waals surface area contributed by atoms with Crippen molar-refractivity contribution in [3.8, 4) is 0 Å². The highest BCUT2D eigenvalue weighted by molar-refractivity contribution is 9.11. The van der Waals surface area contributed by atoms with Crippen molar-refractivity contribution in [3.05, 3.63) is 26.0 Å². The third kappa shape index (κ3) is 1.88. The van der Waals surface area contributed by atoms with Crippen molar-refractivity contribution in [2.45, 2.75) is 6.18 Å². The summed E-state index contributed by atoms with van der Waals surface area (Å²) in [6.07, 6.45) is -4.62. The number of fused-ring (bicyclic) bond motifs is 1. The molecule has 0 saturated heterocycles. The fourth-order valence-corrected chi connectivity index (χ4v) is 2.16. The minimum absolute atomic E-state index is 0.0956. The zero-order valence-corrected chi connectivity index (χ0v) is 9.15. The second-order valence-electron chi connectivity index (χ2n) is 2.53. The first-order valence-corrected chi connectivity index (χ1v) is 5.12. The first-order chi connectivity index (χ1) is 6.88. The fraction of sp³-hybridized carbons (Fsp3) is 0.167. The molecular weight excluding hydrogens is 299 g/mol. The van der Waals surface area contributed by atoms with Gasteiger partial charge in [0.25, 0.3) is 5.56 Å². The van der Waals surface area contributed by atoms with Gasteiger partial charge in [-0.1, -0.05) is 11.3 Å². The summed E-state index contributed by atoms with van der Waals surface area (Å²) in [5.74, 6) is 0. The Bertz CT molecular complexity index is 575. The lowest BCUT2D eigenvalue weighted by Gasteiger charge is -2.03. The van der Waals surface area contributed by atoms with E-state index in [0.29, 0.717) is 9.98 Å². The van der Waals surface area contributed by atoms with Crippen LogP contribution in [0.2, 0.25) is 0 Å². The van der Waals surface area contributed by atoms with E-state index in [1.165, 1.54) is 0 Å². The van der Waals surface area contributed by atoms with Crippen molar-refractivity contribution < 1.29 is 13.2 Å². The molecule has 0 saturated carbocycles. The summed E-state index contributed by atoms with van der Waals surface area (Å²) in [5, 5.41) is 3.65. The third-order valence-electron chi connectivity index (χ3n) is 1.51. The van der Waals surface area contributed by atoms with E-state index >= 15 is 0 Å². The average molecular weight is 300 g/mol. The van der Waals surface area contributed by atoms with Gasteiger partial charge in [-0.25, -0.2) is 4.98 Å². The molecule has 2 heterocycles.